The number of carbonyl (C=O) groups excluding carboxylic acids is 16. The number of para-hydroxylation sites is 2. The molecule has 0 saturated carbocycles. The summed E-state index contributed by atoms with van der Waals surface area (Å²) >= 11 is 0.829. The summed E-state index contributed by atoms with van der Waals surface area (Å²) in [5, 5.41) is 38.3. The molecule has 130 heavy (non-hydrogen) atoms. The van der Waals surface area contributed by atoms with E-state index in [0.717, 1.165) is 21.6 Å². The number of aromatic amines is 3. The highest BCUT2D eigenvalue weighted by Gasteiger charge is 2.42. The minimum atomic E-state index is -1.72. The zero-order chi connectivity index (χ0) is 95.4. The second-order valence-electron chi connectivity index (χ2n) is 33.3. The maximum atomic E-state index is 15.8. The van der Waals surface area contributed by atoms with Crippen molar-refractivity contribution < 1.29 is 86.6 Å². The number of hydrogen-bond acceptors (Lipinski definition) is 20. The maximum Gasteiger partial charge on any atom is 0.303 e. The normalized spacial score (nSPS) is 15.0. The number of likely N-dealkylation sites (N-methyl/N-ethyl adjacent to an activating group) is 5. The Morgan fingerprint density at radius 2 is 1.08 bits per heavy atom. The lowest BCUT2D eigenvalue weighted by atomic mass is 9.99. The molecule has 39 nitrogen and oxygen atoms in total. The third kappa shape index (κ3) is 31.3. The van der Waals surface area contributed by atoms with Gasteiger partial charge in [-0.05, 0) is 106 Å². The summed E-state index contributed by atoms with van der Waals surface area (Å²) in [6.45, 7) is 9.44. The molecular weight excluding hydrogens is 1700 g/mol. The molecule has 0 bridgehead atoms. The lowest BCUT2D eigenvalue weighted by Gasteiger charge is -2.36. The summed E-state index contributed by atoms with van der Waals surface area (Å²) in [6, 6.07) is 7.37. The number of fused-ring (bicyclic) bond motifs is 2. The third-order valence-corrected chi connectivity index (χ3v) is 23.9. The van der Waals surface area contributed by atoms with E-state index in [1.807, 2.05) is 58.0 Å². The number of nitrogens with zero attached hydrogens (tertiary/aromatic N) is 6. The van der Waals surface area contributed by atoms with Crippen LogP contribution in [0.1, 0.15) is 154 Å². The average molecular weight is 1830 g/mol. The van der Waals surface area contributed by atoms with Crippen molar-refractivity contribution in [3.05, 3.63) is 126 Å². The van der Waals surface area contributed by atoms with E-state index in [0.29, 0.717) is 95.7 Å². The Bertz CT molecular complexity index is 4870. The van der Waals surface area contributed by atoms with Gasteiger partial charge in [-0.3, -0.25) is 81.5 Å². The van der Waals surface area contributed by atoms with Crippen molar-refractivity contribution in [2.45, 2.75) is 230 Å². The highest BCUT2D eigenvalue weighted by atomic mass is 32.2. The van der Waals surface area contributed by atoms with Crippen molar-refractivity contribution in [1.82, 2.24) is 97.6 Å². The SMILES string of the molecule is CCCC[C@@H](C(=O)N(C)[C@@H](CCCC)C(=O)N[C@@H](CCC(=O)O)C(=O)N[C@@H](CSCC(=O)N[C@@H](Cc1ccccc1)C(=O)N(C)[C@@H](C)C(=O)NC)C(=O)NCC(N)=O)N(C)C(=O)[C@H](Cc1c[nH]c2ccccc12)NC(=O)[C@H](CCCCN)NC(=O)[C@H](Cc1c[nH]c2ccccc12)NC(=O)CN(C)C(=O)[C@H](CC(C)C)NC(=O)[C@H](Cc1cnc[nH]1)NC(=O)[C@@H]1CCCN1C(C)=O. The van der Waals surface area contributed by atoms with Crippen LogP contribution in [0.3, 0.4) is 0 Å². The van der Waals surface area contributed by atoms with E-state index < -0.39 is 199 Å². The highest BCUT2D eigenvalue weighted by Crippen LogP contribution is 2.26. The summed E-state index contributed by atoms with van der Waals surface area (Å²) in [4.78, 5) is 260. The predicted octanol–water partition coefficient (Wildman–Crippen LogP) is 0.992. The second-order valence-corrected chi connectivity index (χ2v) is 34.3. The smallest absolute Gasteiger partial charge is 0.303 e. The minimum Gasteiger partial charge on any atom is -0.481 e. The van der Waals surface area contributed by atoms with E-state index >= 15 is 24.0 Å². The Kier molecular flexibility index (Phi) is 41.8. The Labute approximate surface area is 760 Å². The van der Waals surface area contributed by atoms with E-state index in [1.165, 1.54) is 76.3 Å². The number of benzene rings is 3. The molecule has 16 amide bonds. The van der Waals surface area contributed by atoms with Gasteiger partial charge in [0.1, 0.15) is 72.5 Å². The predicted molar refractivity (Wildman–Crippen MR) is 487 cm³/mol. The topological polar surface area (TPSA) is 559 Å². The lowest BCUT2D eigenvalue weighted by molar-refractivity contribution is -0.149. The van der Waals surface area contributed by atoms with Crippen LogP contribution in [0, 0.1) is 5.92 Å². The number of carbonyl (C=O) groups is 17. The molecule has 3 aromatic heterocycles. The average Bonchev–Trinajstić information content (AvgIpc) is 1.66. The Balaban J connectivity index is 1.13. The van der Waals surface area contributed by atoms with Gasteiger partial charge in [0.2, 0.25) is 94.5 Å². The first kappa shape index (κ1) is 104. The van der Waals surface area contributed by atoms with Crippen LogP contribution in [0.4, 0.5) is 0 Å². The van der Waals surface area contributed by atoms with Crippen molar-refractivity contribution in [2.24, 2.45) is 17.4 Å². The number of thioether (sulfide) groups is 1. The molecule has 4 heterocycles. The molecule has 40 heteroatoms. The molecule has 708 valence electrons. The molecular formula is C90H129N21O18S. The first-order valence-corrected chi connectivity index (χ1v) is 45.3. The number of carboxylic acid groups (broad SMARTS) is 1. The zero-order valence-corrected chi connectivity index (χ0v) is 76.7. The van der Waals surface area contributed by atoms with Gasteiger partial charge in [-0.1, -0.05) is 120 Å². The van der Waals surface area contributed by atoms with Crippen LogP contribution >= 0.6 is 11.8 Å². The van der Waals surface area contributed by atoms with Crippen molar-refractivity contribution in [1.29, 1.82) is 0 Å². The summed E-state index contributed by atoms with van der Waals surface area (Å²) in [5.74, 6) is -14.3. The maximum absolute atomic E-state index is 15.8. The molecule has 18 N–H and O–H groups in total. The van der Waals surface area contributed by atoms with E-state index in [2.05, 4.69) is 73.1 Å². The van der Waals surface area contributed by atoms with Crippen LogP contribution in [-0.2, 0) is 107 Å². The monoisotopic (exact) mass is 1820 g/mol. The van der Waals surface area contributed by atoms with Crippen molar-refractivity contribution in [3.8, 4) is 0 Å². The molecule has 0 unspecified atom stereocenters. The number of aliphatic carboxylic acids is 1. The number of nitrogens with two attached hydrogens (primary N) is 2. The first-order chi connectivity index (χ1) is 62.0. The van der Waals surface area contributed by atoms with Gasteiger partial charge < -0.3 is 109 Å². The third-order valence-electron chi connectivity index (χ3n) is 22.9. The van der Waals surface area contributed by atoms with E-state index in [-0.39, 0.29) is 81.9 Å². The van der Waals surface area contributed by atoms with Gasteiger partial charge in [-0.2, -0.15) is 0 Å². The number of hydrogen-bond donors (Lipinski definition) is 16. The molecule has 3 aromatic carbocycles. The van der Waals surface area contributed by atoms with E-state index in [1.54, 1.807) is 60.9 Å². The van der Waals surface area contributed by atoms with Gasteiger partial charge in [-0.15, -0.1) is 11.8 Å². The van der Waals surface area contributed by atoms with Crippen LogP contribution in [0.2, 0.25) is 0 Å². The standard InChI is InChI=1S/C90H129N21O18S/c1-12-14-33-72(85(124)102-65(36-37-78(116)117)82(121)106-71(80(119)97-48-75(92)113)50-130-51-77(115)100-69(41-56-26-17-16-18-27-56)88(127)108(9)54(5)79(118)93-7)109(10)90(129)74(34-15-13-2)110(11)89(128)70(43-58-46-96-63-31-22-20-29-61(58)63)105-81(120)64(32-23-24-38-91)101-83(122)66(42-57-45-95-62-30-21-19-28-60(57)62)99-76(114)49-107(8)87(126)68(40-53(3)4)104-84(123)67(44-59-47-94-52-98-59)103-86(125)73-35-25-39-111(73)55(6)112/h16-22,26-31,45-47,52-54,64-74,95-96H,12-15,23-25,32-44,48-51,91H2,1-11H3,(H2,92,113)(H,93,118)(H,94,98)(H,97,119)(H,99,114)(H,100,115)(H,101,122)(H,102,124)(H,103,125)(H,104,123)(H,105,120)(H,106,121)(H,116,117)/t54-,64-,65-,66-,67-,68-,69-,70-,71-,72-,73-,74-/m0/s1. The number of likely N-dealkylation sites (tertiary alicyclic amines) is 1. The largest absolute Gasteiger partial charge is 0.481 e. The molecule has 7 rings (SSSR count). The first-order valence-electron chi connectivity index (χ1n) is 44.1. The number of primary amides is 1. The van der Waals surface area contributed by atoms with Crippen LogP contribution in [0.15, 0.2) is 104 Å². The van der Waals surface area contributed by atoms with Crippen molar-refractivity contribution >= 4 is 134 Å². The Morgan fingerprint density at radius 1 is 0.546 bits per heavy atom. The van der Waals surface area contributed by atoms with Crippen LogP contribution < -0.4 is 64.6 Å². The molecule has 0 spiro atoms. The fourth-order valence-electron chi connectivity index (χ4n) is 15.5. The number of nitrogens with one attached hydrogen (secondary N) is 13. The molecule has 1 aliphatic heterocycles. The van der Waals surface area contributed by atoms with Crippen LogP contribution in [-0.4, -0.2) is 295 Å². The Morgan fingerprint density at radius 3 is 1.65 bits per heavy atom. The summed E-state index contributed by atoms with van der Waals surface area (Å²) in [7, 11) is 6.90. The van der Waals surface area contributed by atoms with Gasteiger partial charge in [-0.25, -0.2) is 4.98 Å². The zero-order valence-electron chi connectivity index (χ0n) is 75.9. The van der Waals surface area contributed by atoms with Crippen molar-refractivity contribution in [3.63, 3.8) is 0 Å². The number of aromatic nitrogens is 4. The fourth-order valence-corrected chi connectivity index (χ4v) is 16.4. The number of rotatable bonds is 54. The van der Waals surface area contributed by atoms with Crippen molar-refractivity contribution in [2.75, 3.05) is 72.9 Å². The molecule has 0 radical (unpaired) electrons. The molecule has 12 atom stereocenters. The van der Waals surface area contributed by atoms with E-state index in [4.69, 9.17) is 11.5 Å². The molecule has 1 aliphatic rings. The van der Waals surface area contributed by atoms with Gasteiger partial charge >= 0.3 is 5.97 Å². The lowest BCUT2D eigenvalue weighted by Crippen LogP contribution is -2.61. The second kappa shape index (κ2) is 52.0. The van der Waals surface area contributed by atoms with Crippen LogP contribution in [0.25, 0.3) is 21.8 Å². The van der Waals surface area contributed by atoms with E-state index in [9.17, 15) is 62.6 Å². The fraction of sp³-hybridized carbons (Fsp3) is 0.533. The van der Waals surface area contributed by atoms with Crippen LogP contribution in [0.5, 0.6) is 0 Å². The number of imidazole rings is 1. The summed E-state index contributed by atoms with van der Waals surface area (Å²) < 4.78 is 0. The molecule has 0 aliphatic carbocycles. The highest BCUT2D eigenvalue weighted by molar-refractivity contribution is 8.00. The molecule has 1 saturated heterocycles. The van der Waals surface area contributed by atoms with Gasteiger partial charge in [0.05, 0.1) is 25.2 Å². The quantitative estimate of drug-likeness (QED) is 0.0237. The number of H-pyrrole nitrogens is 3. The Hall–Kier alpha value is -12.8. The summed E-state index contributed by atoms with van der Waals surface area (Å²) in [5.41, 5.74) is 15.1. The van der Waals surface area contributed by atoms with Gasteiger partial charge in [0.15, 0.2) is 0 Å². The molecule has 1 fully saturated rings. The molecule has 6 aromatic rings. The minimum absolute atomic E-state index is 0.0155. The number of unbranched alkanes of at least 4 members (excludes halogenated alkanes) is 3. The summed E-state index contributed by atoms with van der Waals surface area (Å²) in [6.07, 6.45) is 7.90. The number of carboxylic acids is 1. The van der Waals surface area contributed by atoms with Gasteiger partial charge in [0.25, 0.3) is 0 Å². The van der Waals surface area contributed by atoms with Gasteiger partial charge in [0, 0.05) is 133 Å². The number of amides is 16.